The van der Waals surface area contributed by atoms with E-state index >= 15 is 0 Å². The van der Waals surface area contributed by atoms with Crippen LogP contribution in [0.3, 0.4) is 0 Å². The number of benzene rings is 2. The molecular formula is C19H21ClN2O. The molecule has 1 heterocycles. The fraction of sp³-hybridized carbons (Fsp3) is 0.316. The molecule has 0 aromatic heterocycles. The van der Waals surface area contributed by atoms with Crippen LogP contribution in [0.25, 0.3) is 0 Å². The van der Waals surface area contributed by atoms with Crippen LogP contribution in [0.2, 0.25) is 5.02 Å². The molecule has 3 nitrogen and oxygen atoms in total. The summed E-state index contributed by atoms with van der Waals surface area (Å²) in [6, 6.07) is 14.2. The normalized spacial score (nSPS) is 16.1. The molecular weight excluding hydrogens is 308 g/mol. The summed E-state index contributed by atoms with van der Waals surface area (Å²) in [7, 11) is 4.08. The van der Waals surface area contributed by atoms with Gasteiger partial charge in [0.25, 0.3) is 0 Å². The topological polar surface area (TPSA) is 32.3 Å². The Morgan fingerprint density at radius 2 is 1.87 bits per heavy atom. The number of amides is 1. The van der Waals surface area contributed by atoms with Gasteiger partial charge in [0.15, 0.2) is 0 Å². The average molecular weight is 329 g/mol. The Hall–Kier alpha value is -2.00. The van der Waals surface area contributed by atoms with Crippen LogP contribution in [0.1, 0.15) is 29.9 Å². The first-order valence-corrected chi connectivity index (χ1v) is 8.29. The van der Waals surface area contributed by atoms with Crippen molar-refractivity contribution in [2.24, 2.45) is 0 Å². The Morgan fingerprint density at radius 3 is 2.57 bits per heavy atom. The van der Waals surface area contributed by atoms with Crippen LogP contribution in [0.4, 0.5) is 11.4 Å². The van der Waals surface area contributed by atoms with Crippen molar-refractivity contribution in [3.63, 3.8) is 0 Å². The fourth-order valence-corrected chi connectivity index (χ4v) is 3.23. The third-order valence-corrected chi connectivity index (χ3v) is 4.61. The van der Waals surface area contributed by atoms with Crippen molar-refractivity contribution in [1.82, 2.24) is 0 Å². The zero-order chi connectivity index (χ0) is 16.4. The standard InChI is InChI=1S/C19H21ClN2O/c1-22(2)15-9-6-13(7-10-15)4-3-5-17-16-11-8-14(20)12-18(16)21-19(17)23/h6-12,17H,3-5H2,1-2H3,(H,21,23). The number of hydrogen-bond acceptors (Lipinski definition) is 2. The van der Waals surface area contributed by atoms with Gasteiger partial charge in [-0.3, -0.25) is 4.79 Å². The number of carbonyl (C=O) groups is 1. The molecule has 0 saturated heterocycles. The number of rotatable bonds is 5. The number of nitrogens with one attached hydrogen (secondary N) is 1. The maximum Gasteiger partial charge on any atom is 0.232 e. The Kier molecular flexibility index (Phi) is 4.58. The second-order valence-electron chi connectivity index (χ2n) is 6.23. The van der Waals surface area contributed by atoms with Crippen molar-refractivity contribution in [2.45, 2.75) is 25.2 Å². The highest BCUT2D eigenvalue weighted by Crippen LogP contribution is 2.37. The Labute approximate surface area is 142 Å². The summed E-state index contributed by atoms with van der Waals surface area (Å²) in [5.74, 6) is 0.0357. The molecule has 1 amide bonds. The number of aryl methyl sites for hydroxylation is 1. The second-order valence-corrected chi connectivity index (χ2v) is 6.66. The molecule has 3 rings (SSSR count). The minimum Gasteiger partial charge on any atom is -0.378 e. The number of carbonyl (C=O) groups excluding carboxylic acids is 1. The molecule has 0 fully saturated rings. The molecule has 0 bridgehead atoms. The van der Waals surface area contributed by atoms with E-state index in [9.17, 15) is 4.79 Å². The van der Waals surface area contributed by atoms with Crippen LogP contribution in [-0.2, 0) is 11.2 Å². The highest BCUT2D eigenvalue weighted by atomic mass is 35.5. The predicted molar refractivity (Wildman–Crippen MR) is 96.5 cm³/mol. The van der Waals surface area contributed by atoms with Gasteiger partial charge in [0, 0.05) is 30.5 Å². The molecule has 1 aliphatic heterocycles. The summed E-state index contributed by atoms with van der Waals surface area (Å²) in [4.78, 5) is 14.2. The number of halogens is 1. The maximum atomic E-state index is 12.1. The summed E-state index contributed by atoms with van der Waals surface area (Å²) in [6.45, 7) is 0. The molecule has 4 heteroatoms. The van der Waals surface area contributed by atoms with Gasteiger partial charge in [-0.25, -0.2) is 0 Å². The molecule has 0 spiro atoms. The van der Waals surface area contributed by atoms with Gasteiger partial charge < -0.3 is 10.2 Å². The molecule has 0 radical (unpaired) electrons. The van der Waals surface area contributed by atoms with Gasteiger partial charge in [0.1, 0.15) is 0 Å². The lowest BCUT2D eigenvalue weighted by molar-refractivity contribution is -0.117. The Balaban J connectivity index is 1.60. The first kappa shape index (κ1) is 15.9. The smallest absolute Gasteiger partial charge is 0.232 e. The van der Waals surface area contributed by atoms with Gasteiger partial charge in [0.2, 0.25) is 5.91 Å². The molecule has 0 saturated carbocycles. The van der Waals surface area contributed by atoms with E-state index in [-0.39, 0.29) is 11.8 Å². The van der Waals surface area contributed by atoms with Crippen LogP contribution in [0.15, 0.2) is 42.5 Å². The lowest BCUT2D eigenvalue weighted by Crippen LogP contribution is -2.12. The molecule has 1 aliphatic rings. The van der Waals surface area contributed by atoms with Gasteiger partial charge in [0.05, 0.1) is 5.92 Å². The molecule has 2 aromatic rings. The van der Waals surface area contributed by atoms with E-state index < -0.39 is 0 Å². The summed E-state index contributed by atoms with van der Waals surface area (Å²) in [5, 5.41) is 3.59. The van der Waals surface area contributed by atoms with Crippen molar-refractivity contribution in [3.05, 3.63) is 58.6 Å². The molecule has 23 heavy (non-hydrogen) atoms. The van der Waals surface area contributed by atoms with Crippen molar-refractivity contribution in [2.75, 3.05) is 24.3 Å². The van der Waals surface area contributed by atoms with Gasteiger partial charge in [-0.05, 0) is 54.7 Å². The Morgan fingerprint density at radius 1 is 1.13 bits per heavy atom. The van der Waals surface area contributed by atoms with Crippen LogP contribution < -0.4 is 10.2 Å². The minimum absolute atomic E-state index is 0.0525. The third-order valence-electron chi connectivity index (χ3n) is 4.38. The highest BCUT2D eigenvalue weighted by Gasteiger charge is 2.29. The van der Waals surface area contributed by atoms with Crippen LogP contribution >= 0.6 is 11.6 Å². The molecule has 0 aliphatic carbocycles. The zero-order valence-corrected chi connectivity index (χ0v) is 14.2. The molecule has 1 unspecified atom stereocenters. The SMILES string of the molecule is CN(C)c1ccc(CCCC2C(=O)Nc3cc(Cl)ccc32)cc1. The van der Waals surface area contributed by atoms with Crippen molar-refractivity contribution >= 4 is 28.9 Å². The molecule has 1 N–H and O–H groups in total. The summed E-state index contributed by atoms with van der Waals surface area (Å²) in [5.41, 5.74) is 4.45. The highest BCUT2D eigenvalue weighted by molar-refractivity contribution is 6.31. The average Bonchev–Trinajstić information content (AvgIpc) is 2.83. The largest absolute Gasteiger partial charge is 0.378 e. The van der Waals surface area contributed by atoms with E-state index in [1.165, 1.54) is 11.3 Å². The van der Waals surface area contributed by atoms with Gasteiger partial charge in [-0.1, -0.05) is 29.8 Å². The molecule has 1 atom stereocenters. The third kappa shape index (κ3) is 3.50. The maximum absolute atomic E-state index is 12.1. The number of anilines is 2. The van der Waals surface area contributed by atoms with E-state index in [1.54, 1.807) is 0 Å². The summed E-state index contributed by atoms with van der Waals surface area (Å²) < 4.78 is 0. The lowest BCUT2D eigenvalue weighted by atomic mass is 9.94. The lowest BCUT2D eigenvalue weighted by Gasteiger charge is -2.13. The van der Waals surface area contributed by atoms with E-state index in [0.29, 0.717) is 5.02 Å². The van der Waals surface area contributed by atoms with E-state index in [2.05, 4.69) is 34.5 Å². The summed E-state index contributed by atoms with van der Waals surface area (Å²) >= 11 is 5.98. The molecule has 2 aromatic carbocycles. The second kappa shape index (κ2) is 6.63. The predicted octanol–water partition coefficient (Wildman–Crippen LogP) is 4.46. The quantitative estimate of drug-likeness (QED) is 0.878. The van der Waals surface area contributed by atoms with E-state index in [1.807, 2.05) is 32.3 Å². The number of hydrogen-bond donors (Lipinski definition) is 1. The number of nitrogens with zero attached hydrogens (tertiary/aromatic N) is 1. The molecule has 120 valence electrons. The Bertz CT molecular complexity index is 710. The summed E-state index contributed by atoms with van der Waals surface area (Å²) in [6.07, 6.45) is 2.83. The van der Waals surface area contributed by atoms with Gasteiger partial charge >= 0.3 is 0 Å². The van der Waals surface area contributed by atoms with Crippen molar-refractivity contribution < 1.29 is 4.79 Å². The van der Waals surface area contributed by atoms with Gasteiger partial charge in [-0.15, -0.1) is 0 Å². The minimum atomic E-state index is -0.0525. The van der Waals surface area contributed by atoms with Crippen molar-refractivity contribution in [3.8, 4) is 0 Å². The van der Waals surface area contributed by atoms with E-state index in [4.69, 9.17) is 11.6 Å². The van der Waals surface area contributed by atoms with Crippen LogP contribution in [0, 0.1) is 0 Å². The number of fused-ring (bicyclic) bond motifs is 1. The monoisotopic (exact) mass is 328 g/mol. The van der Waals surface area contributed by atoms with Gasteiger partial charge in [-0.2, -0.15) is 0 Å². The first-order valence-electron chi connectivity index (χ1n) is 7.91. The van der Waals surface area contributed by atoms with Crippen LogP contribution in [0.5, 0.6) is 0 Å². The zero-order valence-electron chi connectivity index (χ0n) is 13.5. The van der Waals surface area contributed by atoms with Crippen LogP contribution in [-0.4, -0.2) is 20.0 Å². The van der Waals surface area contributed by atoms with Crippen molar-refractivity contribution in [1.29, 1.82) is 0 Å². The fourth-order valence-electron chi connectivity index (χ4n) is 3.06. The van der Waals surface area contributed by atoms with E-state index in [0.717, 1.165) is 30.5 Å². The first-order chi connectivity index (χ1) is 11.0.